The van der Waals surface area contributed by atoms with Crippen molar-refractivity contribution in [2.45, 2.75) is 6.92 Å². The molecule has 1 atom stereocenters. The van der Waals surface area contributed by atoms with Crippen LogP contribution in [0.15, 0.2) is 18.2 Å². The minimum absolute atomic E-state index is 0.233. The van der Waals surface area contributed by atoms with E-state index in [1.165, 1.54) is 12.0 Å². The standard InChI is InChI=1S/C13H16Cl2N2O3/c1-8(12(18)20-3)7-17(2)13(19)16-11-6-9(14)4-5-10(11)15/h4-6,8H,7H2,1-3H3,(H,16,19). The Morgan fingerprint density at radius 3 is 2.65 bits per heavy atom. The molecule has 1 rings (SSSR count). The quantitative estimate of drug-likeness (QED) is 0.867. The average Bonchev–Trinajstić information content (AvgIpc) is 2.41. The lowest BCUT2D eigenvalue weighted by atomic mass is 10.2. The molecule has 0 heterocycles. The molecule has 7 heteroatoms. The molecular formula is C13H16Cl2N2O3. The van der Waals surface area contributed by atoms with Crippen LogP contribution >= 0.6 is 23.2 Å². The largest absolute Gasteiger partial charge is 0.469 e. The highest BCUT2D eigenvalue weighted by molar-refractivity contribution is 6.35. The SMILES string of the molecule is COC(=O)C(C)CN(C)C(=O)Nc1cc(Cl)ccc1Cl. The molecule has 2 amide bonds. The first kappa shape index (κ1) is 16.6. The van der Waals surface area contributed by atoms with E-state index in [9.17, 15) is 9.59 Å². The Labute approximate surface area is 127 Å². The van der Waals surface area contributed by atoms with Gasteiger partial charge in [0, 0.05) is 18.6 Å². The minimum atomic E-state index is -0.411. The average molecular weight is 319 g/mol. The van der Waals surface area contributed by atoms with Gasteiger partial charge in [-0.15, -0.1) is 0 Å². The second kappa shape index (κ2) is 7.36. The number of esters is 1. The molecule has 20 heavy (non-hydrogen) atoms. The van der Waals surface area contributed by atoms with Crippen molar-refractivity contribution in [2.75, 3.05) is 26.0 Å². The molecule has 0 radical (unpaired) electrons. The third-order valence-electron chi connectivity index (χ3n) is 2.67. The Hall–Kier alpha value is -1.46. The number of nitrogens with one attached hydrogen (secondary N) is 1. The lowest BCUT2D eigenvalue weighted by Crippen LogP contribution is -2.37. The fourth-order valence-corrected chi connectivity index (χ4v) is 1.91. The lowest BCUT2D eigenvalue weighted by Gasteiger charge is -2.21. The highest BCUT2D eigenvalue weighted by Crippen LogP contribution is 2.25. The van der Waals surface area contributed by atoms with Gasteiger partial charge in [-0.1, -0.05) is 30.1 Å². The zero-order chi connectivity index (χ0) is 15.3. The van der Waals surface area contributed by atoms with Crippen LogP contribution in [-0.4, -0.2) is 37.6 Å². The Morgan fingerprint density at radius 2 is 2.05 bits per heavy atom. The van der Waals surface area contributed by atoms with Gasteiger partial charge in [0.25, 0.3) is 0 Å². The van der Waals surface area contributed by atoms with Gasteiger partial charge in [-0.25, -0.2) is 4.79 Å². The van der Waals surface area contributed by atoms with Gasteiger partial charge in [0.2, 0.25) is 0 Å². The van der Waals surface area contributed by atoms with E-state index in [1.54, 1.807) is 32.2 Å². The van der Waals surface area contributed by atoms with Crippen LogP contribution in [0.25, 0.3) is 0 Å². The maximum atomic E-state index is 12.0. The van der Waals surface area contributed by atoms with E-state index in [2.05, 4.69) is 10.1 Å². The summed E-state index contributed by atoms with van der Waals surface area (Å²) in [7, 11) is 2.89. The number of amides is 2. The molecule has 1 N–H and O–H groups in total. The van der Waals surface area contributed by atoms with Gasteiger partial charge in [-0.05, 0) is 18.2 Å². The molecule has 0 aliphatic heterocycles. The van der Waals surface area contributed by atoms with Crippen LogP contribution in [0.1, 0.15) is 6.92 Å². The van der Waals surface area contributed by atoms with Crippen molar-refractivity contribution >= 4 is 40.9 Å². The Balaban J connectivity index is 2.66. The van der Waals surface area contributed by atoms with E-state index in [0.717, 1.165) is 0 Å². The second-order valence-corrected chi connectivity index (χ2v) is 5.20. The summed E-state index contributed by atoms with van der Waals surface area (Å²) in [6.07, 6.45) is 0. The Kier molecular flexibility index (Phi) is 6.10. The molecule has 0 saturated heterocycles. The molecule has 5 nitrogen and oxygen atoms in total. The van der Waals surface area contributed by atoms with Crippen LogP contribution < -0.4 is 5.32 Å². The number of methoxy groups -OCH3 is 1. The molecule has 0 aromatic heterocycles. The van der Waals surface area contributed by atoms with Crippen LogP contribution in [0.5, 0.6) is 0 Å². The lowest BCUT2D eigenvalue weighted by molar-refractivity contribution is -0.145. The molecule has 0 fully saturated rings. The summed E-state index contributed by atoms with van der Waals surface area (Å²) in [5.74, 6) is -0.781. The number of ether oxygens (including phenoxy) is 1. The maximum Gasteiger partial charge on any atom is 0.321 e. The number of rotatable bonds is 4. The predicted octanol–water partition coefficient (Wildman–Crippen LogP) is 3.27. The molecule has 0 saturated carbocycles. The van der Waals surface area contributed by atoms with Gasteiger partial charge >= 0.3 is 12.0 Å². The summed E-state index contributed by atoms with van der Waals surface area (Å²) in [6, 6.07) is 4.39. The summed E-state index contributed by atoms with van der Waals surface area (Å²) in [5.41, 5.74) is 0.418. The molecule has 0 spiro atoms. The van der Waals surface area contributed by atoms with E-state index in [0.29, 0.717) is 15.7 Å². The zero-order valence-electron chi connectivity index (χ0n) is 11.4. The molecule has 1 aromatic rings. The van der Waals surface area contributed by atoms with Crippen LogP contribution in [0.2, 0.25) is 10.0 Å². The summed E-state index contributed by atoms with van der Waals surface area (Å²) >= 11 is 11.8. The van der Waals surface area contributed by atoms with Crippen LogP contribution in [0.3, 0.4) is 0 Å². The molecule has 0 aliphatic carbocycles. The van der Waals surface area contributed by atoms with E-state index in [1.807, 2.05) is 0 Å². The number of anilines is 1. The molecular weight excluding hydrogens is 303 g/mol. The molecule has 0 bridgehead atoms. The minimum Gasteiger partial charge on any atom is -0.469 e. The number of nitrogens with zero attached hydrogens (tertiary/aromatic N) is 1. The first-order valence-corrected chi connectivity index (χ1v) is 6.65. The van der Waals surface area contributed by atoms with Crippen LogP contribution in [-0.2, 0) is 9.53 Å². The van der Waals surface area contributed by atoms with Gasteiger partial charge < -0.3 is 15.0 Å². The van der Waals surface area contributed by atoms with E-state index >= 15 is 0 Å². The van der Waals surface area contributed by atoms with E-state index < -0.39 is 5.92 Å². The van der Waals surface area contributed by atoms with Crippen molar-refractivity contribution in [3.05, 3.63) is 28.2 Å². The van der Waals surface area contributed by atoms with E-state index in [4.69, 9.17) is 23.2 Å². The topological polar surface area (TPSA) is 58.6 Å². The molecule has 1 aromatic carbocycles. The van der Waals surface area contributed by atoms with Crippen LogP contribution in [0.4, 0.5) is 10.5 Å². The number of halogens is 2. The number of carbonyl (C=O) groups excluding carboxylic acids is 2. The number of benzene rings is 1. The third-order valence-corrected chi connectivity index (χ3v) is 3.23. The molecule has 110 valence electrons. The van der Waals surface area contributed by atoms with E-state index in [-0.39, 0.29) is 18.5 Å². The monoisotopic (exact) mass is 318 g/mol. The van der Waals surface area contributed by atoms with Gasteiger partial charge in [0.15, 0.2) is 0 Å². The maximum absolute atomic E-state index is 12.0. The summed E-state index contributed by atoms with van der Waals surface area (Å²) < 4.78 is 4.61. The van der Waals surface area contributed by atoms with Crippen molar-refractivity contribution in [2.24, 2.45) is 5.92 Å². The Bertz CT molecular complexity index is 508. The Morgan fingerprint density at radius 1 is 1.40 bits per heavy atom. The first-order valence-electron chi connectivity index (χ1n) is 5.90. The van der Waals surface area contributed by atoms with Crippen molar-refractivity contribution in [1.82, 2.24) is 4.90 Å². The predicted molar refractivity (Wildman–Crippen MR) is 79.3 cm³/mol. The van der Waals surface area contributed by atoms with Crippen LogP contribution in [0, 0.1) is 5.92 Å². The summed E-state index contributed by atoms with van der Waals surface area (Å²) in [4.78, 5) is 24.7. The third kappa shape index (κ3) is 4.58. The van der Waals surface area contributed by atoms with Crippen molar-refractivity contribution < 1.29 is 14.3 Å². The highest BCUT2D eigenvalue weighted by Gasteiger charge is 2.19. The molecule has 1 unspecified atom stereocenters. The summed E-state index contributed by atoms with van der Waals surface area (Å²) in [6.45, 7) is 1.92. The number of carbonyl (C=O) groups is 2. The smallest absolute Gasteiger partial charge is 0.321 e. The number of hydrogen-bond donors (Lipinski definition) is 1. The van der Waals surface area contributed by atoms with Crippen molar-refractivity contribution in [3.63, 3.8) is 0 Å². The first-order chi connectivity index (χ1) is 9.35. The van der Waals surface area contributed by atoms with Gasteiger partial charge in [-0.2, -0.15) is 0 Å². The fraction of sp³-hybridized carbons (Fsp3) is 0.385. The fourth-order valence-electron chi connectivity index (χ4n) is 1.57. The summed E-state index contributed by atoms with van der Waals surface area (Å²) in [5, 5.41) is 3.49. The number of hydrogen-bond acceptors (Lipinski definition) is 3. The second-order valence-electron chi connectivity index (χ2n) is 4.36. The van der Waals surface area contributed by atoms with Gasteiger partial charge in [-0.3, -0.25) is 4.79 Å². The van der Waals surface area contributed by atoms with Gasteiger partial charge in [0.1, 0.15) is 0 Å². The zero-order valence-corrected chi connectivity index (χ0v) is 13.0. The highest BCUT2D eigenvalue weighted by atomic mass is 35.5. The van der Waals surface area contributed by atoms with Crippen molar-refractivity contribution in [3.8, 4) is 0 Å². The molecule has 0 aliphatic rings. The van der Waals surface area contributed by atoms with Crippen molar-refractivity contribution in [1.29, 1.82) is 0 Å². The normalized spacial score (nSPS) is 11.7. The van der Waals surface area contributed by atoms with Gasteiger partial charge in [0.05, 0.1) is 23.7 Å². The number of urea groups is 1.